The van der Waals surface area contributed by atoms with Crippen LogP contribution in [0.4, 0.5) is 5.69 Å². The highest BCUT2D eigenvalue weighted by molar-refractivity contribution is 7.16. The van der Waals surface area contributed by atoms with Crippen LogP contribution in [0.15, 0.2) is 73.7 Å². The minimum atomic E-state index is 0.330. The van der Waals surface area contributed by atoms with Crippen molar-refractivity contribution in [2.75, 3.05) is 5.32 Å². The monoisotopic (exact) mass is 490 g/mol. The number of hydrogen-bond donors (Lipinski definition) is 3. The van der Waals surface area contributed by atoms with E-state index in [4.69, 9.17) is 0 Å². The molecule has 5 heterocycles. The number of nitrogens with zero attached hydrogens (tertiary/aromatic N) is 3. The fraction of sp³-hybridized carbons (Fsp3) is 0.138. The minimum absolute atomic E-state index is 0.330. The molecule has 0 saturated carbocycles. The van der Waals surface area contributed by atoms with Crippen LogP contribution in [-0.4, -0.2) is 31.2 Å². The van der Waals surface area contributed by atoms with E-state index in [1.165, 1.54) is 20.7 Å². The molecule has 0 atom stereocenters. The topological polar surface area (TPSA) is 82.3 Å². The lowest BCUT2D eigenvalue weighted by Gasteiger charge is -2.10. The molecule has 5 aromatic heterocycles. The van der Waals surface area contributed by atoms with Crippen LogP contribution >= 0.6 is 11.3 Å². The molecule has 1 aromatic carbocycles. The second-order valence-electron chi connectivity index (χ2n) is 9.35. The van der Waals surface area contributed by atoms with Crippen molar-refractivity contribution in [1.29, 1.82) is 0 Å². The van der Waals surface area contributed by atoms with Gasteiger partial charge in [0.2, 0.25) is 0 Å². The highest BCUT2D eigenvalue weighted by Gasteiger charge is 2.15. The molecule has 3 N–H and O–H groups in total. The van der Waals surface area contributed by atoms with E-state index < -0.39 is 0 Å². The Bertz CT molecular complexity index is 1740. The van der Waals surface area contributed by atoms with E-state index in [0.29, 0.717) is 11.7 Å². The first-order chi connectivity index (χ1) is 17.5. The Morgan fingerprint density at radius 2 is 1.86 bits per heavy atom. The second-order valence-corrected chi connectivity index (χ2v) is 10.4. The van der Waals surface area contributed by atoms with Gasteiger partial charge in [-0.3, -0.25) is 10.1 Å². The van der Waals surface area contributed by atoms with E-state index in [0.717, 1.165) is 44.7 Å². The summed E-state index contributed by atoms with van der Waals surface area (Å²) in [7, 11) is 0. The lowest BCUT2D eigenvalue weighted by molar-refractivity contribution is 0.898. The third kappa shape index (κ3) is 3.97. The Morgan fingerprint density at radius 3 is 2.67 bits per heavy atom. The maximum absolute atomic E-state index is 4.62. The number of rotatable bonds is 6. The zero-order valence-electron chi connectivity index (χ0n) is 20.4. The number of thiophene rings is 1. The average molecular weight is 491 g/mol. The predicted octanol–water partition coefficient (Wildman–Crippen LogP) is 7.75. The normalized spacial score (nSPS) is 11.6. The number of fused-ring (bicyclic) bond motifs is 2. The largest absolute Gasteiger partial charge is 0.382 e. The van der Waals surface area contributed by atoms with Gasteiger partial charge in [-0.1, -0.05) is 18.7 Å². The van der Waals surface area contributed by atoms with Crippen LogP contribution in [-0.2, 0) is 0 Å². The molecule has 0 saturated heterocycles. The Labute approximate surface area is 213 Å². The minimum Gasteiger partial charge on any atom is -0.382 e. The standard InChI is InChI=1S/C29H26N6S/c1-16(2)26-8-9-27(36-26)21-6-5-7-24-22(21)12-25(33-24)28-23-11-19(14-31-29(23)35-34-28)18-10-20(15-30-13-18)32-17(3)4/h5-15,17,32-33H,1H2,2-4H3,(H,31,34,35). The smallest absolute Gasteiger partial charge is 0.181 e. The summed E-state index contributed by atoms with van der Waals surface area (Å²) in [6, 6.07) is 17.4. The van der Waals surface area contributed by atoms with Crippen molar-refractivity contribution >= 4 is 44.5 Å². The van der Waals surface area contributed by atoms with Gasteiger partial charge in [0.05, 0.1) is 17.1 Å². The number of allylic oxidation sites excluding steroid dienone is 1. The number of nitrogens with one attached hydrogen (secondary N) is 3. The summed E-state index contributed by atoms with van der Waals surface area (Å²) >= 11 is 1.77. The maximum atomic E-state index is 4.62. The van der Waals surface area contributed by atoms with Gasteiger partial charge < -0.3 is 10.3 Å². The molecule has 7 heteroatoms. The molecule has 0 radical (unpaired) electrons. The molecular formula is C29H26N6S. The van der Waals surface area contributed by atoms with E-state index >= 15 is 0 Å². The Hall–Kier alpha value is -4.23. The summed E-state index contributed by atoms with van der Waals surface area (Å²) in [5.41, 5.74) is 8.93. The summed E-state index contributed by atoms with van der Waals surface area (Å²) in [5.74, 6) is 0. The van der Waals surface area contributed by atoms with Gasteiger partial charge in [0.1, 0.15) is 0 Å². The van der Waals surface area contributed by atoms with E-state index in [9.17, 15) is 0 Å². The van der Waals surface area contributed by atoms with Crippen LogP contribution in [0.1, 0.15) is 25.6 Å². The molecule has 0 unspecified atom stereocenters. The maximum Gasteiger partial charge on any atom is 0.181 e. The van der Waals surface area contributed by atoms with Gasteiger partial charge >= 0.3 is 0 Å². The van der Waals surface area contributed by atoms with Crippen molar-refractivity contribution in [3.8, 4) is 33.0 Å². The number of anilines is 1. The number of aromatic nitrogens is 5. The quantitative estimate of drug-likeness (QED) is 0.223. The fourth-order valence-corrected chi connectivity index (χ4v) is 5.46. The third-order valence-corrected chi connectivity index (χ3v) is 7.44. The first-order valence-corrected chi connectivity index (χ1v) is 12.7. The molecule has 36 heavy (non-hydrogen) atoms. The molecule has 0 fully saturated rings. The van der Waals surface area contributed by atoms with Crippen molar-refractivity contribution in [3.05, 3.63) is 78.6 Å². The zero-order chi connectivity index (χ0) is 24.8. The highest BCUT2D eigenvalue weighted by Crippen LogP contribution is 2.38. The van der Waals surface area contributed by atoms with Crippen molar-refractivity contribution in [1.82, 2.24) is 25.1 Å². The van der Waals surface area contributed by atoms with Crippen molar-refractivity contribution in [2.24, 2.45) is 0 Å². The van der Waals surface area contributed by atoms with Gasteiger partial charge in [-0.15, -0.1) is 11.3 Å². The molecule has 6 rings (SSSR count). The fourth-order valence-electron chi connectivity index (χ4n) is 4.49. The lowest BCUT2D eigenvalue weighted by atomic mass is 10.1. The predicted molar refractivity (Wildman–Crippen MR) is 151 cm³/mol. The molecule has 6 aromatic rings. The van der Waals surface area contributed by atoms with Gasteiger partial charge in [0, 0.05) is 67.4 Å². The summed E-state index contributed by atoms with van der Waals surface area (Å²) in [5, 5.41) is 13.2. The summed E-state index contributed by atoms with van der Waals surface area (Å²) in [6.07, 6.45) is 5.56. The molecule has 6 nitrogen and oxygen atoms in total. The number of benzene rings is 1. The van der Waals surface area contributed by atoms with E-state index in [1.54, 1.807) is 11.3 Å². The Kier molecular flexibility index (Phi) is 5.42. The first-order valence-electron chi connectivity index (χ1n) is 11.9. The van der Waals surface area contributed by atoms with Gasteiger partial charge in [0.25, 0.3) is 0 Å². The summed E-state index contributed by atoms with van der Waals surface area (Å²) in [6.45, 7) is 10.4. The molecular weight excluding hydrogens is 464 g/mol. The van der Waals surface area contributed by atoms with Crippen LogP contribution in [0.3, 0.4) is 0 Å². The Morgan fingerprint density at radius 1 is 1.00 bits per heavy atom. The van der Waals surface area contributed by atoms with Crippen LogP contribution in [0.25, 0.3) is 60.5 Å². The van der Waals surface area contributed by atoms with Gasteiger partial charge in [-0.25, -0.2) is 4.98 Å². The van der Waals surface area contributed by atoms with Crippen LogP contribution in [0, 0.1) is 0 Å². The van der Waals surface area contributed by atoms with Crippen molar-refractivity contribution in [2.45, 2.75) is 26.8 Å². The van der Waals surface area contributed by atoms with Crippen LogP contribution < -0.4 is 5.32 Å². The number of H-pyrrole nitrogens is 2. The molecule has 178 valence electrons. The van der Waals surface area contributed by atoms with E-state index in [1.807, 2.05) is 25.5 Å². The molecule has 0 aliphatic rings. The lowest BCUT2D eigenvalue weighted by Crippen LogP contribution is -2.09. The van der Waals surface area contributed by atoms with Crippen molar-refractivity contribution in [3.63, 3.8) is 0 Å². The SMILES string of the molecule is C=C(C)c1ccc(-c2cccc3[nH]c(-c4[nH]nc5ncc(-c6cncc(NC(C)C)c6)cc45)cc23)s1. The van der Waals surface area contributed by atoms with E-state index in [-0.39, 0.29) is 0 Å². The number of aromatic amines is 2. The molecule has 0 aliphatic heterocycles. The van der Waals surface area contributed by atoms with Gasteiger partial charge in [-0.05, 0) is 62.7 Å². The first kappa shape index (κ1) is 22.2. The van der Waals surface area contributed by atoms with Crippen LogP contribution in [0.5, 0.6) is 0 Å². The Balaban J connectivity index is 1.43. The zero-order valence-corrected chi connectivity index (χ0v) is 21.2. The molecule has 0 spiro atoms. The number of hydrogen-bond acceptors (Lipinski definition) is 5. The molecule has 0 amide bonds. The molecule has 0 aliphatic carbocycles. The van der Waals surface area contributed by atoms with Crippen molar-refractivity contribution < 1.29 is 0 Å². The third-order valence-electron chi connectivity index (χ3n) is 6.16. The number of pyridine rings is 2. The van der Waals surface area contributed by atoms with Gasteiger partial charge in [-0.2, -0.15) is 5.10 Å². The second kappa shape index (κ2) is 8.77. The summed E-state index contributed by atoms with van der Waals surface area (Å²) < 4.78 is 0. The van der Waals surface area contributed by atoms with Gasteiger partial charge in [0.15, 0.2) is 5.65 Å². The molecule has 0 bridgehead atoms. The van der Waals surface area contributed by atoms with E-state index in [2.05, 4.69) is 99.4 Å². The average Bonchev–Trinajstić information content (AvgIpc) is 3.60. The summed E-state index contributed by atoms with van der Waals surface area (Å²) in [4.78, 5) is 15.1. The van der Waals surface area contributed by atoms with Crippen LogP contribution in [0.2, 0.25) is 0 Å². The highest BCUT2D eigenvalue weighted by atomic mass is 32.1.